The molecule has 4 aromatic carbocycles. The van der Waals surface area contributed by atoms with Crippen LogP contribution in [0.25, 0.3) is 0 Å². The Morgan fingerprint density at radius 3 is 2.11 bits per heavy atom. The number of guanidine groups is 1. The zero-order valence-electron chi connectivity index (χ0n) is 32.3. The molecule has 1 saturated carbocycles. The van der Waals surface area contributed by atoms with Crippen LogP contribution in [0.15, 0.2) is 114 Å². The minimum absolute atomic E-state index is 0.145. The van der Waals surface area contributed by atoms with Crippen molar-refractivity contribution in [1.82, 2.24) is 20.0 Å². The molecule has 0 bridgehead atoms. The monoisotopic (exact) mass is 743 g/mol. The molecule has 1 aliphatic heterocycles. The van der Waals surface area contributed by atoms with E-state index in [2.05, 4.69) is 5.32 Å². The van der Waals surface area contributed by atoms with Crippen LogP contribution in [0.3, 0.4) is 0 Å². The molecular formula is C45H53N5O5. The molecule has 0 radical (unpaired) electrons. The molecule has 0 aromatic heterocycles. The Bertz CT molecular complexity index is 1870. The van der Waals surface area contributed by atoms with Gasteiger partial charge in [0.05, 0.1) is 12.3 Å². The number of nitrogens with one attached hydrogen (secondary N) is 1. The molecule has 2 aliphatic rings. The average molecular weight is 744 g/mol. The number of amides is 3. The first-order valence-corrected chi connectivity index (χ1v) is 19.4. The summed E-state index contributed by atoms with van der Waals surface area (Å²) in [5.41, 5.74) is 3.47. The van der Waals surface area contributed by atoms with Gasteiger partial charge in [0, 0.05) is 45.2 Å². The fraction of sp³-hybridized carbons (Fsp3) is 0.378. The van der Waals surface area contributed by atoms with E-state index < -0.39 is 11.6 Å². The molecule has 0 atom stereocenters. The van der Waals surface area contributed by atoms with Gasteiger partial charge in [-0.1, -0.05) is 104 Å². The Labute approximate surface area is 325 Å². The number of esters is 1. The van der Waals surface area contributed by atoms with Crippen LogP contribution in [0.4, 0.5) is 10.5 Å². The van der Waals surface area contributed by atoms with E-state index >= 15 is 0 Å². The number of fused-ring (bicyclic) bond motifs is 1. The van der Waals surface area contributed by atoms with Crippen molar-refractivity contribution in [1.29, 1.82) is 0 Å². The van der Waals surface area contributed by atoms with Crippen molar-refractivity contribution in [2.45, 2.75) is 77.6 Å². The average Bonchev–Trinajstić information content (AvgIpc) is 3.70. The molecule has 55 heavy (non-hydrogen) atoms. The van der Waals surface area contributed by atoms with Gasteiger partial charge in [0.2, 0.25) is 11.9 Å². The largest absolute Gasteiger partial charge is 0.494 e. The Kier molecular flexibility index (Phi) is 13.2. The topological polar surface area (TPSA) is 104 Å². The predicted octanol–water partition coefficient (Wildman–Crippen LogP) is 8.19. The molecule has 1 aliphatic carbocycles. The summed E-state index contributed by atoms with van der Waals surface area (Å²) >= 11 is 0. The summed E-state index contributed by atoms with van der Waals surface area (Å²) < 4.78 is 12.1. The maximum atomic E-state index is 14.1. The van der Waals surface area contributed by atoms with Gasteiger partial charge < -0.3 is 24.2 Å². The number of nitrogens with zero attached hydrogens (tertiary/aromatic N) is 4. The van der Waals surface area contributed by atoms with E-state index in [0.717, 1.165) is 28.8 Å². The van der Waals surface area contributed by atoms with Gasteiger partial charge in [0.25, 0.3) is 0 Å². The summed E-state index contributed by atoms with van der Waals surface area (Å²) in [6, 6.07) is 34.5. The van der Waals surface area contributed by atoms with Crippen LogP contribution in [0.2, 0.25) is 0 Å². The number of hydrogen-bond acceptors (Lipinski definition) is 7. The summed E-state index contributed by atoms with van der Waals surface area (Å²) in [5.74, 6) is 1.22. The Morgan fingerprint density at radius 1 is 0.855 bits per heavy atom. The molecular weight excluding hydrogens is 691 g/mol. The molecule has 1 fully saturated rings. The van der Waals surface area contributed by atoms with E-state index in [1.807, 2.05) is 135 Å². The summed E-state index contributed by atoms with van der Waals surface area (Å²) in [4.78, 5) is 50.6. The highest BCUT2D eigenvalue weighted by Crippen LogP contribution is 2.31. The molecule has 10 heteroatoms. The zero-order valence-corrected chi connectivity index (χ0v) is 32.3. The number of ether oxygens (including phenoxy) is 2. The van der Waals surface area contributed by atoms with Crippen LogP contribution >= 0.6 is 0 Å². The van der Waals surface area contributed by atoms with Crippen LogP contribution in [0.5, 0.6) is 5.75 Å². The van der Waals surface area contributed by atoms with E-state index in [-0.39, 0.29) is 31.0 Å². The molecule has 1 N–H and O–H groups in total. The highest BCUT2D eigenvalue weighted by Gasteiger charge is 2.30. The van der Waals surface area contributed by atoms with Crippen LogP contribution < -0.4 is 10.1 Å². The van der Waals surface area contributed by atoms with Crippen LogP contribution in [-0.4, -0.2) is 65.3 Å². The lowest BCUT2D eigenvalue weighted by Crippen LogP contribution is -2.51. The summed E-state index contributed by atoms with van der Waals surface area (Å²) in [6.45, 7) is 5.84. The minimum Gasteiger partial charge on any atom is -0.494 e. The van der Waals surface area contributed by atoms with Crippen molar-refractivity contribution >= 4 is 29.6 Å². The number of hydrogen-bond donors (Lipinski definition) is 1. The SMILES string of the molecule is CN(CC1CCCC1)C(=O)CCCOc1ccc2c(c1)CN(CC(=O)OC(C)(C)c1ccccc1)C(NC(=O)N(Cc1ccccc1)Cc1ccccc1)=N2. The molecule has 10 nitrogen and oxygen atoms in total. The number of carbonyl (C=O) groups is 3. The Balaban J connectivity index is 1.16. The van der Waals surface area contributed by atoms with Gasteiger partial charge in [-0.25, -0.2) is 9.79 Å². The first kappa shape index (κ1) is 39.1. The maximum Gasteiger partial charge on any atom is 0.326 e. The molecule has 0 unspecified atom stereocenters. The van der Waals surface area contributed by atoms with Gasteiger partial charge in [-0.15, -0.1) is 0 Å². The predicted molar refractivity (Wildman–Crippen MR) is 214 cm³/mol. The first-order chi connectivity index (χ1) is 26.6. The van der Waals surface area contributed by atoms with Gasteiger partial charge in [-0.3, -0.25) is 14.9 Å². The van der Waals surface area contributed by atoms with E-state index in [9.17, 15) is 14.4 Å². The van der Waals surface area contributed by atoms with E-state index in [0.29, 0.717) is 49.9 Å². The van der Waals surface area contributed by atoms with Crippen molar-refractivity contribution in [3.8, 4) is 5.75 Å². The standard InChI is InChI=1S/C45H53N5O5/c1-45(2,38-22-11-6-12-23-38)55-42(52)33-49-32-37-28-39(54-27-15-24-41(51)48(3)29-34-20-13-14-21-34)25-26-40(37)46-43(49)47-44(53)50(30-35-16-7-4-8-17-35)31-36-18-9-5-10-19-36/h4-12,16-19,22-23,25-26,28,34H,13-15,20-21,24,27,29-33H2,1-3H3,(H,46,47,53). The highest BCUT2D eigenvalue weighted by atomic mass is 16.6. The molecule has 4 aromatic rings. The molecule has 288 valence electrons. The molecule has 6 rings (SSSR count). The number of urea groups is 1. The smallest absolute Gasteiger partial charge is 0.326 e. The fourth-order valence-electron chi connectivity index (χ4n) is 7.23. The second-order valence-corrected chi connectivity index (χ2v) is 15.1. The van der Waals surface area contributed by atoms with E-state index in [1.54, 1.807) is 9.80 Å². The second kappa shape index (κ2) is 18.6. The van der Waals surface area contributed by atoms with Crippen LogP contribution in [0.1, 0.15) is 74.6 Å². The number of benzene rings is 4. The van der Waals surface area contributed by atoms with Gasteiger partial charge in [-0.05, 0) is 73.9 Å². The Hall–Kier alpha value is -5.64. The first-order valence-electron chi connectivity index (χ1n) is 19.4. The third-order valence-corrected chi connectivity index (χ3v) is 10.3. The lowest BCUT2D eigenvalue weighted by atomic mass is 9.98. The molecule has 0 spiro atoms. The van der Waals surface area contributed by atoms with Crippen molar-refractivity contribution in [2.75, 3.05) is 26.7 Å². The summed E-state index contributed by atoms with van der Waals surface area (Å²) in [6.07, 6.45) is 5.99. The van der Waals surface area contributed by atoms with E-state index in [4.69, 9.17) is 14.5 Å². The quantitative estimate of drug-likeness (QED) is 0.0974. The maximum absolute atomic E-state index is 14.1. The third kappa shape index (κ3) is 11.2. The normalized spacial score (nSPS) is 14.1. The number of carbonyl (C=O) groups excluding carboxylic acids is 3. The number of aliphatic imine (C=N–C) groups is 1. The van der Waals surface area contributed by atoms with Gasteiger partial charge in [0.15, 0.2) is 0 Å². The fourth-order valence-corrected chi connectivity index (χ4v) is 7.23. The van der Waals surface area contributed by atoms with Crippen molar-refractivity contribution in [3.05, 3.63) is 131 Å². The summed E-state index contributed by atoms with van der Waals surface area (Å²) in [7, 11) is 1.90. The van der Waals surface area contributed by atoms with E-state index in [1.165, 1.54) is 25.7 Å². The second-order valence-electron chi connectivity index (χ2n) is 15.1. The minimum atomic E-state index is -0.873. The lowest BCUT2D eigenvalue weighted by Gasteiger charge is -2.33. The van der Waals surface area contributed by atoms with Gasteiger partial charge in [-0.2, -0.15) is 0 Å². The van der Waals surface area contributed by atoms with Crippen LogP contribution in [-0.2, 0) is 39.6 Å². The third-order valence-electron chi connectivity index (χ3n) is 10.3. The van der Waals surface area contributed by atoms with Crippen molar-refractivity contribution < 1.29 is 23.9 Å². The zero-order chi connectivity index (χ0) is 38.6. The van der Waals surface area contributed by atoms with Crippen molar-refractivity contribution in [2.24, 2.45) is 10.9 Å². The highest BCUT2D eigenvalue weighted by molar-refractivity contribution is 5.99. The molecule has 0 saturated heterocycles. The van der Waals surface area contributed by atoms with Crippen LogP contribution in [0, 0.1) is 5.92 Å². The van der Waals surface area contributed by atoms with Crippen molar-refractivity contribution in [3.63, 3.8) is 0 Å². The van der Waals surface area contributed by atoms with Gasteiger partial charge in [0.1, 0.15) is 17.9 Å². The number of rotatable bonds is 15. The lowest BCUT2D eigenvalue weighted by molar-refractivity contribution is -0.158. The van der Waals surface area contributed by atoms with Gasteiger partial charge >= 0.3 is 12.0 Å². The molecule has 1 heterocycles. The molecule has 3 amide bonds. The summed E-state index contributed by atoms with van der Waals surface area (Å²) in [5, 5.41) is 3.04. The Morgan fingerprint density at radius 2 is 1.47 bits per heavy atom.